The van der Waals surface area contributed by atoms with Gasteiger partial charge in [-0.1, -0.05) is 6.07 Å². The van der Waals surface area contributed by atoms with Crippen LogP contribution in [0, 0.1) is 0 Å². The second-order valence-electron chi connectivity index (χ2n) is 7.46. The first-order chi connectivity index (χ1) is 12.2. The molecule has 0 aromatic carbocycles. The Balaban J connectivity index is 1.42. The molecule has 136 valence electrons. The molecule has 1 aromatic rings. The van der Waals surface area contributed by atoms with E-state index in [0.717, 1.165) is 19.4 Å². The van der Waals surface area contributed by atoms with Crippen molar-refractivity contribution in [2.75, 3.05) is 45.9 Å². The van der Waals surface area contributed by atoms with Crippen LogP contribution in [0.5, 0.6) is 0 Å². The zero-order valence-electron chi connectivity index (χ0n) is 14.7. The van der Waals surface area contributed by atoms with Crippen molar-refractivity contribution in [3.8, 4) is 0 Å². The molecule has 1 spiro atoms. The van der Waals surface area contributed by atoms with Crippen molar-refractivity contribution in [3.63, 3.8) is 0 Å². The van der Waals surface area contributed by atoms with Gasteiger partial charge < -0.3 is 19.3 Å². The number of likely N-dealkylation sites (tertiary alicyclic amines) is 1. The smallest absolute Gasteiger partial charge is 0.272 e. The van der Waals surface area contributed by atoms with E-state index in [2.05, 4.69) is 9.88 Å². The van der Waals surface area contributed by atoms with Gasteiger partial charge in [0.15, 0.2) is 0 Å². The third kappa shape index (κ3) is 3.86. The van der Waals surface area contributed by atoms with Gasteiger partial charge in [-0.05, 0) is 50.9 Å². The number of nitrogens with zero attached hydrogens (tertiary/aromatic N) is 3. The Kier molecular flexibility index (Phi) is 5.01. The highest BCUT2D eigenvalue weighted by Gasteiger charge is 2.44. The highest BCUT2D eigenvalue weighted by molar-refractivity contribution is 5.92. The summed E-state index contributed by atoms with van der Waals surface area (Å²) < 4.78 is 12.3. The number of hydrogen-bond acceptors (Lipinski definition) is 5. The predicted molar refractivity (Wildman–Crippen MR) is 93.5 cm³/mol. The Morgan fingerprint density at radius 1 is 1.28 bits per heavy atom. The van der Waals surface area contributed by atoms with Crippen LogP contribution in [0.3, 0.4) is 0 Å². The zero-order valence-corrected chi connectivity index (χ0v) is 14.7. The summed E-state index contributed by atoms with van der Waals surface area (Å²) in [5.41, 5.74) is 0.136. The number of hydrogen-bond donors (Lipinski definition) is 0. The maximum Gasteiger partial charge on any atom is 0.272 e. The van der Waals surface area contributed by atoms with E-state index in [0.29, 0.717) is 32.0 Å². The molecule has 0 unspecified atom stereocenters. The molecule has 0 aliphatic carbocycles. The first kappa shape index (κ1) is 16.9. The molecule has 0 radical (unpaired) electrons. The maximum absolute atomic E-state index is 12.8. The van der Waals surface area contributed by atoms with Crippen molar-refractivity contribution in [2.24, 2.45) is 0 Å². The van der Waals surface area contributed by atoms with Gasteiger partial charge in [0.25, 0.3) is 5.91 Å². The summed E-state index contributed by atoms with van der Waals surface area (Å²) in [7, 11) is 0. The molecule has 0 saturated carbocycles. The molecule has 6 heteroatoms. The van der Waals surface area contributed by atoms with Crippen LogP contribution in [0.4, 0.5) is 0 Å². The quantitative estimate of drug-likeness (QED) is 0.832. The second-order valence-corrected chi connectivity index (χ2v) is 7.46. The van der Waals surface area contributed by atoms with E-state index < -0.39 is 0 Å². The normalized spacial score (nSPS) is 30.7. The average Bonchev–Trinajstić information content (AvgIpc) is 3.23. The van der Waals surface area contributed by atoms with Crippen molar-refractivity contribution in [2.45, 2.75) is 37.4 Å². The van der Waals surface area contributed by atoms with Crippen LogP contribution in [-0.4, -0.2) is 78.3 Å². The average molecular weight is 345 g/mol. The molecule has 3 saturated heterocycles. The van der Waals surface area contributed by atoms with Gasteiger partial charge in [0.05, 0.1) is 25.9 Å². The number of amides is 1. The lowest BCUT2D eigenvalue weighted by Gasteiger charge is -2.32. The van der Waals surface area contributed by atoms with Crippen molar-refractivity contribution < 1.29 is 14.3 Å². The van der Waals surface area contributed by atoms with E-state index in [9.17, 15) is 4.79 Å². The molecule has 1 aromatic heterocycles. The van der Waals surface area contributed by atoms with Gasteiger partial charge in [-0.2, -0.15) is 0 Å². The maximum atomic E-state index is 12.8. The number of ether oxygens (including phenoxy) is 2. The molecule has 3 aliphatic rings. The van der Waals surface area contributed by atoms with E-state index in [1.165, 1.54) is 25.9 Å². The summed E-state index contributed by atoms with van der Waals surface area (Å²) in [6.07, 6.45) is 6.52. The number of rotatable bonds is 3. The molecule has 4 heterocycles. The fourth-order valence-corrected chi connectivity index (χ4v) is 4.23. The van der Waals surface area contributed by atoms with E-state index in [1.807, 2.05) is 17.0 Å². The number of aromatic nitrogens is 1. The summed E-state index contributed by atoms with van der Waals surface area (Å²) >= 11 is 0. The third-order valence-electron chi connectivity index (χ3n) is 5.52. The summed E-state index contributed by atoms with van der Waals surface area (Å²) in [6.45, 7) is 5.71. The van der Waals surface area contributed by atoms with Crippen molar-refractivity contribution in [1.82, 2.24) is 14.8 Å². The summed E-state index contributed by atoms with van der Waals surface area (Å²) in [5, 5.41) is 0. The van der Waals surface area contributed by atoms with E-state index in [4.69, 9.17) is 9.47 Å². The highest BCUT2D eigenvalue weighted by Crippen LogP contribution is 2.34. The van der Waals surface area contributed by atoms with E-state index in [-0.39, 0.29) is 17.6 Å². The van der Waals surface area contributed by atoms with Gasteiger partial charge in [0, 0.05) is 19.3 Å². The first-order valence-electron chi connectivity index (χ1n) is 9.42. The molecular weight excluding hydrogens is 318 g/mol. The van der Waals surface area contributed by atoms with Crippen LogP contribution >= 0.6 is 0 Å². The van der Waals surface area contributed by atoms with Crippen molar-refractivity contribution >= 4 is 5.91 Å². The van der Waals surface area contributed by atoms with Crippen LogP contribution in [-0.2, 0) is 9.47 Å². The van der Waals surface area contributed by atoms with Gasteiger partial charge in [-0.25, -0.2) is 0 Å². The SMILES string of the molecule is O=C(c1ccccn1)N1CCOC[C@@]2(CC[C@@H](CN3CCCC3)O2)C1. The van der Waals surface area contributed by atoms with Crippen LogP contribution in [0.2, 0.25) is 0 Å². The summed E-state index contributed by atoms with van der Waals surface area (Å²) in [4.78, 5) is 21.4. The number of carbonyl (C=O) groups excluding carboxylic acids is 1. The van der Waals surface area contributed by atoms with Crippen LogP contribution in [0.1, 0.15) is 36.2 Å². The van der Waals surface area contributed by atoms with Crippen LogP contribution in [0.15, 0.2) is 24.4 Å². The van der Waals surface area contributed by atoms with Gasteiger partial charge in [0.1, 0.15) is 11.3 Å². The topological polar surface area (TPSA) is 54.9 Å². The second kappa shape index (κ2) is 7.40. The Morgan fingerprint density at radius 3 is 2.96 bits per heavy atom. The van der Waals surface area contributed by atoms with Crippen molar-refractivity contribution in [3.05, 3.63) is 30.1 Å². The minimum atomic E-state index is -0.356. The minimum absolute atomic E-state index is 0.0305. The largest absolute Gasteiger partial charge is 0.377 e. The van der Waals surface area contributed by atoms with Gasteiger partial charge in [-0.15, -0.1) is 0 Å². The fourth-order valence-electron chi connectivity index (χ4n) is 4.23. The molecular formula is C19H27N3O3. The van der Waals surface area contributed by atoms with Gasteiger partial charge >= 0.3 is 0 Å². The molecule has 3 fully saturated rings. The summed E-state index contributed by atoms with van der Waals surface area (Å²) in [5.74, 6) is -0.0305. The Labute approximate surface area is 149 Å². The molecule has 0 N–H and O–H groups in total. The zero-order chi connectivity index (χ0) is 17.1. The van der Waals surface area contributed by atoms with Crippen LogP contribution in [0.25, 0.3) is 0 Å². The Morgan fingerprint density at radius 2 is 2.16 bits per heavy atom. The molecule has 1 amide bonds. The highest BCUT2D eigenvalue weighted by atomic mass is 16.6. The van der Waals surface area contributed by atoms with Gasteiger partial charge in [0.2, 0.25) is 0 Å². The van der Waals surface area contributed by atoms with Crippen LogP contribution < -0.4 is 0 Å². The molecule has 25 heavy (non-hydrogen) atoms. The lowest BCUT2D eigenvalue weighted by Crippen LogP contribution is -2.47. The fraction of sp³-hybridized carbons (Fsp3) is 0.684. The number of pyridine rings is 1. The van der Waals surface area contributed by atoms with Gasteiger partial charge in [-0.3, -0.25) is 9.78 Å². The first-order valence-corrected chi connectivity index (χ1v) is 9.42. The van der Waals surface area contributed by atoms with E-state index in [1.54, 1.807) is 12.3 Å². The summed E-state index contributed by atoms with van der Waals surface area (Å²) in [6, 6.07) is 5.45. The van der Waals surface area contributed by atoms with Crippen molar-refractivity contribution in [1.29, 1.82) is 0 Å². The lowest BCUT2D eigenvalue weighted by atomic mass is 10.00. The third-order valence-corrected chi connectivity index (χ3v) is 5.52. The standard InChI is InChI=1S/C19H27N3O3/c23-18(17-5-1-2-8-20-17)22-11-12-24-15-19(14-22)7-6-16(25-19)13-21-9-3-4-10-21/h1-2,5,8,16H,3-4,6-7,9-15H2/t16-,19+/m0/s1. The Bertz CT molecular complexity index is 591. The molecule has 3 aliphatic heterocycles. The monoisotopic (exact) mass is 345 g/mol. The molecule has 0 bridgehead atoms. The van der Waals surface area contributed by atoms with E-state index >= 15 is 0 Å². The molecule has 2 atom stereocenters. The Hall–Kier alpha value is -1.50. The minimum Gasteiger partial charge on any atom is -0.377 e. The number of carbonyl (C=O) groups is 1. The molecule has 6 nitrogen and oxygen atoms in total. The predicted octanol–water partition coefficient (Wildman–Crippen LogP) is 1.57. The molecule has 4 rings (SSSR count). The lowest BCUT2D eigenvalue weighted by molar-refractivity contribution is -0.0890.